The van der Waals surface area contributed by atoms with E-state index in [0.29, 0.717) is 27.8 Å². The molecule has 3 heteroatoms. The molecule has 0 fully saturated rings. The Labute approximate surface area is 127 Å². The van der Waals surface area contributed by atoms with Crippen LogP contribution >= 0.6 is 23.2 Å². The second-order valence-corrected chi connectivity index (χ2v) is 6.82. The van der Waals surface area contributed by atoms with Gasteiger partial charge in [0.05, 0.1) is 10.0 Å². The van der Waals surface area contributed by atoms with Crippen molar-refractivity contribution in [2.75, 3.05) is 13.1 Å². The molecule has 0 aliphatic carbocycles. The predicted molar refractivity (Wildman–Crippen MR) is 86.2 cm³/mol. The third-order valence-corrected chi connectivity index (χ3v) is 4.12. The largest absolute Gasteiger partial charge is 0.316 e. The van der Waals surface area contributed by atoms with Gasteiger partial charge in [-0.3, -0.25) is 0 Å². The van der Waals surface area contributed by atoms with Crippen LogP contribution in [0.3, 0.4) is 0 Å². The van der Waals surface area contributed by atoms with Crippen LogP contribution in [-0.4, -0.2) is 13.1 Å². The molecule has 0 bridgehead atoms. The lowest BCUT2D eigenvalue weighted by molar-refractivity contribution is 0.352. The molecule has 0 aliphatic rings. The van der Waals surface area contributed by atoms with E-state index < -0.39 is 0 Å². The first-order chi connectivity index (χ1) is 8.90. The molecule has 0 heterocycles. The van der Waals surface area contributed by atoms with E-state index in [1.165, 1.54) is 5.56 Å². The number of rotatable bonds is 7. The first-order valence-corrected chi connectivity index (χ1v) is 7.80. The van der Waals surface area contributed by atoms with Crippen molar-refractivity contribution < 1.29 is 0 Å². The third kappa shape index (κ3) is 6.16. The van der Waals surface area contributed by atoms with Gasteiger partial charge < -0.3 is 5.32 Å². The van der Waals surface area contributed by atoms with Crippen LogP contribution in [0.15, 0.2) is 18.2 Å². The van der Waals surface area contributed by atoms with Crippen LogP contribution in [0.5, 0.6) is 0 Å². The Morgan fingerprint density at radius 1 is 1.00 bits per heavy atom. The first kappa shape index (κ1) is 16.8. The zero-order chi connectivity index (χ0) is 14.4. The Balaban J connectivity index is 2.59. The highest BCUT2D eigenvalue weighted by Gasteiger charge is 2.14. The Morgan fingerprint density at radius 2 is 1.68 bits per heavy atom. The van der Waals surface area contributed by atoms with E-state index in [1.54, 1.807) is 0 Å². The average Bonchev–Trinajstić information content (AvgIpc) is 2.32. The summed E-state index contributed by atoms with van der Waals surface area (Å²) in [7, 11) is 0. The summed E-state index contributed by atoms with van der Waals surface area (Å²) in [6.45, 7) is 11.1. The molecule has 0 amide bonds. The first-order valence-electron chi connectivity index (χ1n) is 7.04. The molecule has 0 radical (unpaired) electrons. The minimum atomic E-state index is 0.621. The second-order valence-electron chi connectivity index (χ2n) is 6.01. The molecule has 1 unspecified atom stereocenters. The average molecular weight is 302 g/mol. The highest BCUT2D eigenvalue weighted by Crippen LogP contribution is 2.25. The van der Waals surface area contributed by atoms with Gasteiger partial charge in [-0.2, -0.15) is 0 Å². The van der Waals surface area contributed by atoms with E-state index >= 15 is 0 Å². The summed E-state index contributed by atoms with van der Waals surface area (Å²) in [5.74, 6) is 1.96. The smallest absolute Gasteiger partial charge is 0.0595 e. The molecule has 0 saturated heterocycles. The van der Waals surface area contributed by atoms with Crippen molar-refractivity contribution in [1.29, 1.82) is 0 Å². The van der Waals surface area contributed by atoms with Gasteiger partial charge in [0.25, 0.3) is 0 Å². The van der Waals surface area contributed by atoms with Crippen molar-refractivity contribution in [1.82, 2.24) is 5.32 Å². The minimum Gasteiger partial charge on any atom is -0.316 e. The lowest BCUT2D eigenvalue weighted by Gasteiger charge is -2.22. The van der Waals surface area contributed by atoms with Crippen molar-refractivity contribution in [2.24, 2.45) is 17.8 Å². The fourth-order valence-electron chi connectivity index (χ4n) is 2.07. The van der Waals surface area contributed by atoms with Gasteiger partial charge in [-0.05, 0) is 55.0 Å². The summed E-state index contributed by atoms with van der Waals surface area (Å²) < 4.78 is 0. The predicted octanol–water partition coefficient (Wildman–Crippen LogP) is 5.05. The summed E-state index contributed by atoms with van der Waals surface area (Å²) in [6.07, 6.45) is 1.04. The number of hydrogen-bond donors (Lipinski definition) is 1. The highest BCUT2D eigenvalue weighted by atomic mass is 35.5. The minimum absolute atomic E-state index is 0.621. The Morgan fingerprint density at radius 3 is 2.21 bits per heavy atom. The van der Waals surface area contributed by atoms with Crippen LogP contribution in [0.4, 0.5) is 0 Å². The zero-order valence-electron chi connectivity index (χ0n) is 12.3. The molecule has 0 aromatic heterocycles. The van der Waals surface area contributed by atoms with Gasteiger partial charge in [-0.25, -0.2) is 0 Å². The summed E-state index contributed by atoms with van der Waals surface area (Å²) >= 11 is 12.0. The maximum atomic E-state index is 6.08. The van der Waals surface area contributed by atoms with Gasteiger partial charge in [0.15, 0.2) is 0 Å². The molecule has 0 saturated carbocycles. The summed E-state index contributed by atoms with van der Waals surface area (Å²) in [6, 6.07) is 5.95. The van der Waals surface area contributed by atoms with Gasteiger partial charge in [0.1, 0.15) is 0 Å². The normalized spacial score (nSPS) is 13.3. The Bertz CT molecular complexity index is 388. The van der Waals surface area contributed by atoms with Crippen LogP contribution in [0.25, 0.3) is 0 Å². The van der Waals surface area contributed by atoms with Crippen LogP contribution in [0.1, 0.15) is 33.3 Å². The molecule has 1 nitrogen and oxygen atoms in total. The summed E-state index contributed by atoms with van der Waals surface area (Å²) in [5, 5.41) is 4.83. The summed E-state index contributed by atoms with van der Waals surface area (Å²) in [4.78, 5) is 0. The molecule has 108 valence electrons. The quantitative estimate of drug-likeness (QED) is 0.743. The van der Waals surface area contributed by atoms with E-state index in [-0.39, 0.29) is 0 Å². The molecule has 1 N–H and O–H groups in total. The maximum absolute atomic E-state index is 6.08. The molecule has 1 rings (SSSR count). The fraction of sp³-hybridized carbons (Fsp3) is 0.625. The molecule has 1 atom stereocenters. The maximum Gasteiger partial charge on any atom is 0.0595 e. The van der Waals surface area contributed by atoms with Gasteiger partial charge in [0.2, 0.25) is 0 Å². The lowest BCUT2D eigenvalue weighted by atomic mass is 9.89. The molecule has 1 aromatic rings. The summed E-state index contributed by atoms with van der Waals surface area (Å²) in [5.41, 5.74) is 1.26. The molecule has 19 heavy (non-hydrogen) atoms. The van der Waals surface area contributed by atoms with Crippen LogP contribution in [0.2, 0.25) is 10.0 Å². The van der Waals surface area contributed by atoms with Crippen LogP contribution < -0.4 is 5.32 Å². The Hall–Kier alpha value is -0.240. The van der Waals surface area contributed by atoms with Crippen LogP contribution in [0, 0.1) is 17.8 Å². The van der Waals surface area contributed by atoms with E-state index in [2.05, 4.69) is 39.1 Å². The van der Waals surface area contributed by atoms with E-state index in [9.17, 15) is 0 Å². The van der Waals surface area contributed by atoms with E-state index in [0.717, 1.165) is 19.5 Å². The zero-order valence-corrected chi connectivity index (χ0v) is 13.9. The van der Waals surface area contributed by atoms with E-state index in [1.807, 2.05) is 12.1 Å². The SMILES string of the molecule is CC(C)CNCC(Cc1ccc(Cl)c(Cl)c1)C(C)C. The van der Waals surface area contributed by atoms with Gasteiger partial charge >= 0.3 is 0 Å². The number of benzene rings is 1. The topological polar surface area (TPSA) is 12.0 Å². The van der Waals surface area contributed by atoms with Crippen molar-refractivity contribution in [2.45, 2.75) is 34.1 Å². The third-order valence-electron chi connectivity index (χ3n) is 3.38. The number of halogens is 2. The molecule has 1 aromatic carbocycles. The molecular formula is C16H25Cl2N. The van der Waals surface area contributed by atoms with Crippen molar-refractivity contribution in [3.8, 4) is 0 Å². The molecule has 0 aliphatic heterocycles. The second kappa shape index (κ2) is 8.14. The number of hydrogen-bond acceptors (Lipinski definition) is 1. The van der Waals surface area contributed by atoms with Crippen molar-refractivity contribution >= 4 is 23.2 Å². The van der Waals surface area contributed by atoms with Gasteiger partial charge in [-0.15, -0.1) is 0 Å². The standard InChI is InChI=1S/C16H25Cl2N/c1-11(2)9-19-10-14(12(3)4)7-13-5-6-15(17)16(18)8-13/h5-6,8,11-12,14,19H,7,9-10H2,1-4H3. The highest BCUT2D eigenvalue weighted by molar-refractivity contribution is 6.42. The van der Waals surface area contributed by atoms with Crippen molar-refractivity contribution in [3.63, 3.8) is 0 Å². The van der Waals surface area contributed by atoms with E-state index in [4.69, 9.17) is 23.2 Å². The molecule has 0 spiro atoms. The number of nitrogens with one attached hydrogen (secondary N) is 1. The molecular weight excluding hydrogens is 277 g/mol. The lowest BCUT2D eigenvalue weighted by Crippen LogP contribution is -2.30. The van der Waals surface area contributed by atoms with Gasteiger partial charge in [-0.1, -0.05) is 57.0 Å². The van der Waals surface area contributed by atoms with Gasteiger partial charge in [0, 0.05) is 0 Å². The van der Waals surface area contributed by atoms with Crippen LogP contribution in [-0.2, 0) is 6.42 Å². The Kier molecular flexibility index (Phi) is 7.20. The fourth-order valence-corrected chi connectivity index (χ4v) is 2.39. The monoisotopic (exact) mass is 301 g/mol. The van der Waals surface area contributed by atoms with Crippen molar-refractivity contribution in [3.05, 3.63) is 33.8 Å².